The summed E-state index contributed by atoms with van der Waals surface area (Å²) in [6.07, 6.45) is 15.3. The molecule has 0 saturated heterocycles. The summed E-state index contributed by atoms with van der Waals surface area (Å²) in [6, 6.07) is 12.3. The van der Waals surface area contributed by atoms with Crippen LogP contribution in [0.15, 0.2) is 67.0 Å². The molecular weight excluding hydrogens is 372 g/mol. The second-order valence-electron chi connectivity index (χ2n) is 7.55. The Kier molecular flexibility index (Phi) is 10.4. The van der Waals surface area contributed by atoms with Gasteiger partial charge in [-0.25, -0.2) is 0 Å². The summed E-state index contributed by atoms with van der Waals surface area (Å²) in [5.74, 6) is 0.789. The molecule has 1 amide bonds. The number of hydrogen-bond acceptors (Lipinski definition) is 3. The maximum Gasteiger partial charge on any atom is 0.244 e. The highest BCUT2D eigenvalue weighted by Crippen LogP contribution is 2.24. The molecule has 2 aromatic rings. The number of aromatic nitrogens is 1. The number of methoxy groups -OCH3 is 1. The van der Waals surface area contributed by atoms with E-state index in [4.69, 9.17) is 4.74 Å². The Morgan fingerprint density at radius 3 is 2.83 bits per heavy atom. The molecule has 0 bridgehead atoms. The Morgan fingerprint density at radius 1 is 1.23 bits per heavy atom. The van der Waals surface area contributed by atoms with Crippen LogP contribution in [0.5, 0.6) is 5.75 Å². The monoisotopic (exact) mass is 406 g/mol. The van der Waals surface area contributed by atoms with Crippen molar-refractivity contribution in [3.8, 4) is 5.75 Å². The molecule has 1 heterocycles. The number of hydrogen-bond donors (Lipinski definition) is 1. The zero-order chi connectivity index (χ0) is 21.6. The Labute approximate surface area is 181 Å². The van der Waals surface area contributed by atoms with Gasteiger partial charge in [-0.3, -0.25) is 9.78 Å². The zero-order valence-electron chi connectivity index (χ0n) is 18.4. The van der Waals surface area contributed by atoms with Crippen LogP contribution in [-0.2, 0) is 11.2 Å². The van der Waals surface area contributed by atoms with Crippen molar-refractivity contribution in [1.29, 1.82) is 0 Å². The van der Waals surface area contributed by atoms with E-state index in [1.165, 1.54) is 11.1 Å². The minimum atomic E-state index is -0.0550. The topological polar surface area (TPSA) is 51.2 Å². The molecule has 0 spiro atoms. The highest BCUT2D eigenvalue weighted by molar-refractivity contribution is 5.88. The lowest BCUT2D eigenvalue weighted by Gasteiger charge is -2.12. The lowest BCUT2D eigenvalue weighted by atomic mass is 9.99. The van der Waals surface area contributed by atoms with Gasteiger partial charge in [-0.2, -0.15) is 0 Å². The van der Waals surface area contributed by atoms with Gasteiger partial charge in [-0.15, -0.1) is 0 Å². The summed E-state index contributed by atoms with van der Waals surface area (Å²) in [7, 11) is 1.68. The first-order valence-corrected chi connectivity index (χ1v) is 10.8. The highest BCUT2D eigenvalue weighted by Gasteiger charge is 2.05. The molecule has 30 heavy (non-hydrogen) atoms. The van der Waals surface area contributed by atoms with Crippen LogP contribution < -0.4 is 10.1 Å². The molecule has 0 aliphatic carbocycles. The predicted molar refractivity (Wildman–Crippen MR) is 124 cm³/mol. The van der Waals surface area contributed by atoms with Crippen molar-refractivity contribution in [2.75, 3.05) is 7.11 Å². The van der Waals surface area contributed by atoms with Crippen molar-refractivity contribution in [3.63, 3.8) is 0 Å². The van der Waals surface area contributed by atoms with Crippen LogP contribution in [0.3, 0.4) is 0 Å². The van der Waals surface area contributed by atoms with E-state index in [2.05, 4.69) is 29.4 Å². The van der Waals surface area contributed by atoms with Crippen LogP contribution in [0, 0.1) is 0 Å². The molecule has 1 atom stereocenters. The summed E-state index contributed by atoms with van der Waals surface area (Å²) >= 11 is 0. The van der Waals surface area contributed by atoms with E-state index in [0.717, 1.165) is 49.8 Å². The van der Waals surface area contributed by atoms with E-state index in [0.29, 0.717) is 0 Å². The van der Waals surface area contributed by atoms with E-state index < -0.39 is 0 Å². The molecule has 4 heteroatoms. The normalized spacial score (nSPS) is 12.7. The fourth-order valence-corrected chi connectivity index (χ4v) is 3.29. The van der Waals surface area contributed by atoms with Gasteiger partial charge in [0.15, 0.2) is 0 Å². The van der Waals surface area contributed by atoms with E-state index in [1.54, 1.807) is 19.4 Å². The van der Waals surface area contributed by atoms with Crippen molar-refractivity contribution < 1.29 is 9.53 Å². The smallest absolute Gasteiger partial charge is 0.244 e. The number of ether oxygens (including phenoxy) is 1. The fourth-order valence-electron chi connectivity index (χ4n) is 3.29. The van der Waals surface area contributed by atoms with Gasteiger partial charge in [0.05, 0.1) is 7.11 Å². The van der Waals surface area contributed by atoms with Gasteiger partial charge in [0.2, 0.25) is 5.91 Å². The first-order valence-electron chi connectivity index (χ1n) is 10.8. The number of allylic oxidation sites excluding steroid dienone is 3. The summed E-state index contributed by atoms with van der Waals surface area (Å²) in [5, 5.41) is 3.05. The van der Waals surface area contributed by atoms with Crippen LogP contribution >= 0.6 is 0 Å². The number of carbonyl (C=O) groups excluding carboxylic acids is 1. The van der Waals surface area contributed by atoms with Gasteiger partial charge >= 0.3 is 0 Å². The maximum atomic E-state index is 12.3. The van der Waals surface area contributed by atoms with Gasteiger partial charge in [-0.1, -0.05) is 43.7 Å². The standard InChI is InChI=1S/C26H34N2O2/c1-4-5-13-23(24-15-7-16-25(19-24)30-3)14-8-17-26(29)28-21(2)10-6-11-22-12-9-18-27-20-22/h7-9,12,14-21H,4-6,10-11,13H2,1-3H3,(H,28,29)/b17-8+,23-14+/t21-/m1/s1. The van der Waals surface area contributed by atoms with E-state index >= 15 is 0 Å². The lowest BCUT2D eigenvalue weighted by molar-refractivity contribution is -0.117. The Hall–Kier alpha value is -2.88. The number of nitrogens with one attached hydrogen (secondary N) is 1. The van der Waals surface area contributed by atoms with Gasteiger partial charge in [0.1, 0.15) is 5.75 Å². The molecule has 0 fully saturated rings. The van der Waals surface area contributed by atoms with Crippen molar-refractivity contribution >= 4 is 11.5 Å². The molecular formula is C26H34N2O2. The molecule has 2 rings (SSSR count). The molecule has 160 valence electrons. The summed E-state index contributed by atoms with van der Waals surface area (Å²) in [5.41, 5.74) is 3.58. The van der Waals surface area contributed by atoms with Gasteiger partial charge < -0.3 is 10.1 Å². The molecule has 4 nitrogen and oxygen atoms in total. The number of unbranched alkanes of at least 4 members (excludes halogenated alkanes) is 1. The Bertz CT molecular complexity index is 828. The van der Waals surface area contributed by atoms with Gasteiger partial charge in [0.25, 0.3) is 0 Å². The molecule has 1 aromatic carbocycles. The molecule has 0 saturated carbocycles. The van der Waals surface area contributed by atoms with Crippen LogP contribution in [0.1, 0.15) is 57.1 Å². The van der Waals surface area contributed by atoms with Crippen LogP contribution in [0.25, 0.3) is 5.57 Å². The van der Waals surface area contributed by atoms with Crippen LogP contribution in [-0.4, -0.2) is 24.0 Å². The third kappa shape index (κ3) is 8.64. The third-order valence-corrected chi connectivity index (χ3v) is 5.00. The number of rotatable bonds is 12. The summed E-state index contributed by atoms with van der Waals surface area (Å²) in [6.45, 7) is 4.23. The Balaban J connectivity index is 1.87. The number of amides is 1. The first-order chi connectivity index (χ1) is 14.6. The fraction of sp³-hybridized carbons (Fsp3) is 0.385. The van der Waals surface area contributed by atoms with Crippen LogP contribution in [0.4, 0.5) is 0 Å². The molecule has 0 aliphatic rings. The van der Waals surface area contributed by atoms with Gasteiger partial charge in [0, 0.05) is 24.5 Å². The van der Waals surface area contributed by atoms with Crippen molar-refractivity contribution in [2.45, 2.75) is 58.4 Å². The molecule has 0 unspecified atom stereocenters. The second-order valence-corrected chi connectivity index (χ2v) is 7.55. The number of carbonyl (C=O) groups is 1. The number of pyridine rings is 1. The van der Waals surface area contributed by atoms with Crippen LogP contribution in [0.2, 0.25) is 0 Å². The Morgan fingerprint density at radius 2 is 2.10 bits per heavy atom. The lowest BCUT2D eigenvalue weighted by Crippen LogP contribution is -2.31. The first kappa shape index (κ1) is 23.4. The van der Waals surface area contributed by atoms with Crippen molar-refractivity contribution in [3.05, 3.63) is 78.1 Å². The second kappa shape index (κ2) is 13.4. The SMILES string of the molecule is CCCC/C(=C\C=C\C(=O)N[C@H](C)CCCc1cccnc1)c1cccc(OC)c1. The summed E-state index contributed by atoms with van der Waals surface area (Å²) < 4.78 is 5.34. The van der Waals surface area contributed by atoms with Crippen molar-refractivity contribution in [2.24, 2.45) is 0 Å². The maximum absolute atomic E-state index is 12.3. The van der Waals surface area contributed by atoms with E-state index in [1.807, 2.05) is 49.5 Å². The zero-order valence-corrected chi connectivity index (χ0v) is 18.4. The quantitative estimate of drug-likeness (QED) is 0.361. The largest absolute Gasteiger partial charge is 0.497 e. The predicted octanol–water partition coefficient (Wildman–Crippen LogP) is 5.75. The minimum Gasteiger partial charge on any atom is -0.497 e. The van der Waals surface area contributed by atoms with Crippen molar-refractivity contribution in [1.82, 2.24) is 10.3 Å². The molecule has 1 N–H and O–H groups in total. The molecule has 0 aliphatic heterocycles. The molecule has 0 radical (unpaired) electrons. The van der Waals surface area contributed by atoms with E-state index in [9.17, 15) is 4.79 Å². The van der Waals surface area contributed by atoms with E-state index in [-0.39, 0.29) is 11.9 Å². The average Bonchev–Trinajstić information content (AvgIpc) is 2.76. The highest BCUT2D eigenvalue weighted by atomic mass is 16.5. The molecule has 1 aromatic heterocycles. The summed E-state index contributed by atoms with van der Waals surface area (Å²) in [4.78, 5) is 16.4. The minimum absolute atomic E-state index is 0.0550. The number of aryl methyl sites for hydroxylation is 1. The average molecular weight is 407 g/mol. The number of nitrogens with zero attached hydrogens (tertiary/aromatic N) is 1. The number of benzene rings is 1. The van der Waals surface area contributed by atoms with Gasteiger partial charge in [-0.05, 0) is 73.9 Å². The third-order valence-electron chi connectivity index (χ3n) is 5.00.